The SMILES string of the molecule is CC(C(=O)O)C(=O)NCCNC(=O)c1ccccc1. The molecule has 1 rings (SSSR count). The van der Waals surface area contributed by atoms with Gasteiger partial charge in [-0.25, -0.2) is 0 Å². The summed E-state index contributed by atoms with van der Waals surface area (Å²) in [5, 5.41) is 13.7. The van der Waals surface area contributed by atoms with Gasteiger partial charge in [-0.3, -0.25) is 14.4 Å². The largest absolute Gasteiger partial charge is 0.481 e. The van der Waals surface area contributed by atoms with Gasteiger partial charge < -0.3 is 15.7 Å². The van der Waals surface area contributed by atoms with Crippen molar-refractivity contribution in [2.75, 3.05) is 13.1 Å². The third kappa shape index (κ3) is 4.79. The number of aliphatic carboxylic acids is 1. The van der Waals surface area contributed by atoms with E-state index in [4.69, 9.17) is 5.11 Å². The second-order valence-corrected chi connectivity index (χ2v) is 3.97. The Morgan fingerprint density at radius 3 is 2.26 bits per heavy atom. The summed E-state index contributed by atoms with van der Waals surface area (Å²) in [6.07, 6.45) is 0. The molecule has 19 heavy (non-hydrogen) atoms. The van der Waals surface area contributed by atoms with Crippen LogP contribution in [0.3, 0.4) is 0 Å². The molecule has 1 atom stereocenters. The van der Waals surface area contributed by atoms with Crippen LogP contribution in [-0.4, -0.2) is 36.0 Å². The van der Waals surface area contributed by atoms with Crippen molar-refractivity contribution in [2.24, 2.45) is 5.92 Å². The van der Waals surface area contributed by atoms with Crippen molar-refractivity contribution in [3.8, 4) is 0 Å². The Bertz CT molecular complexity index is 459. The fourth-order valence-corrected chi connectivity index (χ4v) is 1.32. The number of nitrogens with one attached hydrogen (secondary N) is 2. The van der Waals surface area contributed by atoms with E-state index in [0.717, 1.165) is 0 Å². The van der Waals surface area contributed by atoms with E-state index in [2.05, 4.69) is 10.6 Å². The molecule has 1 aromatic carbocycles. The monoisotopic (exact) mass is 264 g/mol. The van der Waals surface area contributed by atoms with Gasteiger partial charge in [0.25, 0.3) is 5.91 Å². The summed E-state index contributed by atoms with van der Waals surface area (Å²) in [6.45, 7) is 1.74. The molecule has 6 nitrogen and oxygen atoms in total. The molecule has 3 N–H and O–H groups in total. The molecule has 0 bridgehead atoms. The highest BCUT2D eigenvalue weighted by molar-refractivity contribution is 5.96. The van der Waals surface area contributed by atoms with Gasteiger partial charge in [-0.1, -0.05) is 18.2 Å². The first-order valence-corrected chi connectivity index (χ1v) is 5.86. The summed E-state index contributed by atoms with van der Waals surface area (Å²) in [4.78, 5) is 33.4. The molecule has 0 heterocycles. The van der Waals surface area contributed by atoms with Crippen LogP contribution in [0.5, 0.6) is 0 Å². The predicted octanol–water partition coefficient (Wildman–Crippen LogP) is 0.253. The Balaban J connectivity index is 2.27. The highest BCUT2D eigenvalue weighted by Gasteiger charge is 2.19. The fraction of sp³-hybridized carbons (Fsp3) is 0.308. The maximum atomic E-state index is 11.6. The van der Waals surface area contributed by atoms with E-state index < -0.39 is 17.8 Å². The summed E-state index contributed by atoms with van der Waals surface area (Å²) >= 11 is 0. The standard InChI is InChI=1S/C13H16N2O4/c1-9(13(18)19)11(16)14-7-8-15-12(17)10-5-3-2-4-6-10/h2-6,9H,7-8H2,1H3,(H,14,16)(H,15,17)(H,18,19). The van der Waals surface area contributed by atoms with Crippen LogP contribution in [0, 0.1) is 5.92 Å². The Hall–Kier alpha value is -2.37. The van der Waals surface area contributed by atoms with E-state index in [0.29, 0.717) is 5.56 Å². The smallest absolute Gasteiger partial charge is 0.315 e. The van der Waals surface area contributed by atoms with Gasteiger partial charge in [0.05, 0.1) is 0 Å². The van der Waals surface area contributed by atoms with Crippen LogP contribution in [0.2, 0.25) is 0 Å². The molecule has 0 fully saturated rings. The normalized spacial score (nSPS) is 11.4. The second-order valence-electron chi connectivity index (χ2n) is 3.97. The summed E-state index contributed by atoms with van der Waals surface area (Å²) in [7, 11) is 0. The number of carbonyl (C=O) groups excluding carboxylic acids is 2. The van der Waals surface area contributed by atoms with Crippen molar-refractivity contribution in [3.05, 3.63) is 35.9 Å². The van der Waals surface area contributed by atoms with Crippen molar-refractivity contribution in [2.45, 2.75) is 6.92 Å². The topological polar surface area (TPSA) is 95.5 Å². The summed E-state index contributed by atoms with van der Waals surface area (Å²) in [5.41, 5.74) is 0.535. The molecular formula is C13H16N2O4. The zero-order valence-corrected chi connectivity index (χ0v) is 10.6. The van der Waals surface area contributed by atoms with E-state index in [1.165, 1.54) is 6.92 Å². The van der Waals surface area contributed by atoms with Gasteiger partial charge in [0, 0.05) is 18.7 Å². The number of amides is 2. The lowest BCUT2D eigenvalue weighted by atomic mass is 10.2. The molecule has 102 valence electrons. The van der Waals surface area contributed by atoms with Crippen LogP contribution in [0.4, 0.5) is 0 Å². The summed E-state index contributed by atoms with van der Waals surface area (Å²) < 4.78 is 0. The van der Waals surface area contributed by atoms with Gasteiger partial charge in [0.1, 0.15) is 5.92 Å². The maximum absolute atomic E-state index is 11.6. The molecule has 0 aliphatic carbocycles. The number of hydrogen-bond donors (Lipinski definition) is 3. The first kappa shape index (κ1) is 14.7. The second kappa shape index (κ2) is 7.15. The average Bonchev–Trinajstić information content (AvgIpc) is 2.43. The molecule has 1 unspecified atom stereocenters. The summed E-state index contributed by atoms with van der Waals surface area (Å²) in [5.74, 6) is -3.07. The molecule has 6 heteroatoms. The molecule has 0 radical (unpaired) electrons. The Labute approximate surface area is 110 Å². The van der Waals surface area contributed by atoms with Crippen LogP contribution in [-0.2, 0) is 9.59 Å². The average molecular weight is 264 g/mol. The Morgan fingerprint density at radius 2 is 1.68 bits per heavy atom. The zero-order chi connectivity index (χ0) is 14.3. The lowest BCUT2D eigenvalue weighted by Gasteiger charge is -2.09. The Morgan fingerprint density at radius 1 is 1.11 bits per heavy atom. The molecule has 1 aromatic rings. The van der Waals surface area contributed by atoms with Crippen LogP contribution in [0.15, 0.2) is 30.3 Å². The number of carbonyl (C=O) groups is 3. The van der Waals surface area contributed by atoms with Gasteiger partial charge in [0.15, 0.2) is 0 Å². The van der Waals surface area contributed by atoms with Crippen molar-refractivity contribution < 1.29 is 19.5 Å². The number of carboxylic acids is 1. The molecule has 2 amide bonds. The number of carboxylic acid groups (broad SMARTS) is 1. The molecule has 0 aliphatic rings. The molecular weight excluding hydrogens is 248 g/mol. The van der Waals surface area contributed by atoms with Crippen LogP contribution >= 0.6 is 0 Å². The quantitative estimate of drug-likeness (QED) is 0.507. The number of hydrogen-bond acceptors (Lipinski definition) is 3. The predicted molar refractivity (Wildman–Crippen MR) is 68.6 cm³/mol. The van der Waals surface area contributed by atoms with Gasteiger partial charge in [0.2, 0.25) is 5.91 Å². The van der Waals surface area contributed by atoms with Gasteiger partial charge in [-0.05, 0) is 19.1 Å². The fourth-order valence-electron chi connectivity index (χ4n) is 1.32. The minimum absolute atomic E-state index is 0.190. The van der Waals surface area contributed by atoms with E-state index in [-0.39, 0.29) is 19.0 Å². The van der Waals surface area contributed by atoms with E-state index >= 15 is 0 Å². The molecule has 0 saturated carbocycles. The minimum Gasteiger partial charge on any atom is -0.481 e. The van der Waals surface area contributed by atoms with Crippen molar-refractivity contribution in [1.29, 1.82) is 0 Å². The van der Waals surface area contributed by atoms with Gasteiger partial charge in [-0.2, -0.15) is 0 Å². The lowest BCUT2D eigenvalue weighted by molar-refractivity contribution is -0.146. The van der Waals surface area contributed by atoms with Crippen molar-refractivity contribution in [1.82, 2.24) is 10.6 Å². The minimum atomic E-state index is -1.18. The third-order valence-corrected chi connectivity index (χ3v) is 2.51. The van der Waals surface area contributed by atoms with E-state index in [1.807, 2.05) is 6.07 Å². The highest BCUT2D eigenvalue weighted by Crippen LogP contribution is 1.97. The number of rotatable bonds is 6. The lowest BCUT2D eigenvalue weighted by Crippen LogP contribution is -2.38. The van der Waals surface area contributed by atoms with Crippen LogP contribution in [0.1, 0.15) is 17.3 Å². The first-order chi connectivity index (χ1) is 9.02. The first-order valence-electron chi connectivity index (χ1n) is 5.86. The van der Waals surface area contributed by atoms with E-state index in [9.17, 15) is 14.4 Å². The molecule has 0 saturated heterocycles. The molecule has 0 aliphatic heterocycles. The third-order valence-electron chi connectivity index (χ3n) is 2.51. The van der Waals surface area contributed by atoms with Crippen LogP contribution in [0.25, 0.3) is 0 Å². The van der Waals surface area contributed by atoms with Gasteiger partial charge in [-0.15, -0.1) is 0 Å². The van der Waals surface area contributed by atoms with Crippen molar-refractivity contribution >= 4 is 17.8 Å². The van der Waals surface area contributed by atoms with Crippen LogP contribution < -0.4 is 10.6 Å². The zero-order valence-electron chi connectivity index (χ0n) is 10.6. The Kier molecular flexibility index (Phi) is 5.53. The highest BCUT2D eigenvalue weighted by atomic mass is 16.4. The summed E-state index contributed by atoms with van der Waals surface area (Å²) in [6, 6.07) is 8.68. The van der Waals surface area contributed by atoms with Crippen molar-refractivity contribution in [3.63, 3.8) is 0 Å². The molecule has 0 spiro atoms. The number of benzene rings is 1. The molecule has 0 aromatic heterocycles. The maximum Gasteiger partial charge on any atom is 0.315 e. The van der Waals surface area contributed by atoms with Gasteiger partial charge >= 0.3 is 5.97 Å². The van der Waals surface area contributed by atoms with E-state index in [1.54, 1.807) is 24.3 Å².